The van der Waals surface area contributed by atoms with E-state index in [4.69, 9.17) is 6.42 Å². The lowest BCUT2D eigenvalue weighted by Crippen LogP contribution is -2.14. The second kappa shape index (κ2) is 6.58. The van der Waals surface area contributed by atoms with Crippen LogP contribution in [0.25, 0.3) is 0 Å². The van der Waals surface area contributed by atoms with Crippen molar-refractivity contribution in [3.8, 4) is 12.3 Å². The Hall–Kier alpha value is -0.850. The van der Waals surface area contributed by atoms with E-state index >= 15 is 0 Å². The van der Waals surface area contributed by atoms with Crippen molar-refractivity contribution in [2.24, 2.45) is 0 Å². The molecule has 76 valence electrons. The number of aromatic nitrogens is 1. The third-order valence-electron chi connectivity index (χ3n) is 2.06. The summed E-state index contributed by atoms with van der Waals surface area (Å²) in [6.07, 6.45) is 8.32. The number of aryl methyl sites for hydroxylation is 1. The molecular formula is C11H16N2S. The molecule has 1 N–H and O–H groups in total. The summed E-state index contributed by atoms with van der Waals surface area (Å²) in [5.74, 6) is 2.65. The Kier molecular flexibility index (Phi) is 5.28. The van der Waals surface area contributed by atoms with Gasteiger partial charge in [0.25, 0.3) is 0 Å². The number of thiazole rings is 1. The molecule has 3 heteroatoms. The van der Waals surface area contributed by atoms with Crippen LogP contribution in [0.1, 0.15) is 29.8 Å². The van der Waals surface area contributed by atoms with Crippen LogP contribution in [0.2, 0.25) is 0 Å². The molecule has 0 saturated carbocycles. The van der Waals surface area contributed by atoms with Crippen molar-refractivity contribution in [3.63, 3.8) is 0 Å². The number of hydrogen-bond acceptors (Lipinski definition) is 3. The smallest absolute Gasteiger partial charge is 0.0798 e. The van der Waals surface area contributed by atoms with E-state index < -0.39 is 0 Å². The molecule has 0 aromatic carbocycles. The monoisotopic (exact) mass is 208 g/mol. The number of unbranched alkanes of at least 4 members (excludes halogenated alkanes) is 2. The van der Waals surface area contributed by atoms with Gasteiger partial charge in [-0.3, -0.25) is 0 Å². The van der Waals surface area contributed by atoms with Crippen LogP contribution in [0.3, 0.4) is 0 Å². The van der Waals surface area contributed by atoms with Gasteiger partial charge in [0.15, 0.2) is 0 Å². The fourth-order valence-corrected chi connectivity index (χ4v) is 1.92. The maximum Gasteiger partial charge on any atom is 0.0798 e. The molecular weight excluding hydrogens is 192 g/mol. The summed E-state index contributed by atoms with van der Waals surface area (Å²) in [6, 6.07) is 0. The molecule has 1 aromatic heterocycles. The van der Waals surface area contributed by atoms with Gasteiger partial charge in [-0.1, -0.05) is 0 Å². The highest BCUT2D eigenvalue weighted by Gasteiger charge is 1.99. The first-order valence-electron chi connectivity index (χ1n) is 4.87. The van der Waals surface area contributed by atoms with Gasteiger partial charge in [-0.05, 0) is 26.3 Å². The molecule has 0 amide bonds. The van der Waals surface area contributed by atoms with Crippen molar-refractivity contribution in [2.45, 2.75) is 32.7 Å². The molecule has 0 spiro atoms. The quantitative estimate of drug-likeness (QED) is 0.573. The van der Waals surface area contributed by atoms with E-state index in [-0.39, 0.29) is 0 Å². The maximum absolute atomic E-state index is 5.16. The van der Waals surface area contributed by atoms with Crippen molar-refractivity contribution >= 4 is 11.3 Å². The van der Waals surface area contributed by atoms with Crippen molar-refractivity contribution < 1.29 is 0 Å². The number of rotatable bonds is 6. The Morgan fingerprint density at radius 2 is 2.43 bits per heavy atom. The van der Waals surface area contributed by atoms with Gasteiger partial charge >= 0.3 is 0 Å². The van der Waals surface area contributed by atoms with E-state index in [0.717, 1.165) is 38.0 Å². The molecule has 1 aromatic rings. The average Bonchev–Trinajstić information content (AvgIpc) is 2.58. The SMILES string of the molecule is C#CCCCCNCc1scnc1C. The molecule has 0 fully saturated rings. The van der Waals surface area contributed by atoms with Crippen LogP contribution < -0.4 is 5.32 Å². The minimum Gasteiger partial charge on any atom is -0.312 e. The fourth-order valence-electron chi connectivity index (χ4n) is 1.17. The lowest BCUT2D eigenvalue weighted by atomic mass is 10.2. The zero-order chi connectivity index (χ0) is 10.2. The third kappa shape index (κ3) is 3.91. The van der Waals surface area contributed by atoms with Gasteiger partial charge in [0, 0.05) is 17.8 Å². The van der Waals surface area contributed by atoms with Crippen LogP contribution in [-0.4, -0.2) is 11.5 Å². The topological polar surface area (TPSA) is 24.9 Å². The zero-order valence-electron chi connectivity index (χ0n) is 8.55. The summed E-state index contributed by atoms with van der Waals surface area (Å²) in [6.45, 7) is 4.03. The highest BCUT2D eigenvalue weighted by molar-refractivity contribution is 7.09. The maximum atomic E-state index is 5.16. The number of terminal acetylenes is 1. The van der Waals surface area contributed by atoms with Gasteiger partial charge in [0.2, 0.25) is 0 Å². The lowest BCUT2D eigenvalue weighted by molar-refractivity contribution is 0.632. The summed E-state index contributed by atoms with van der Waals surface area (Å²) in [7, 11) is 0. The zero-order valence-corrected chi connectivity index (χ0v) is 9.36. The van der Waals surface area contributed by atoms with E-state index in [1.54, 1.807) is 11.3 Å². The van der Waals surface area contributed by atoms with Crippen LogP contribution in [-0.2, 0) is 6.54 Å². The van der Waals surface area contributed by atoms with E-state index in [1.807, 2.05) is 12.4 Å². The summed E-state index contributed by atoms with van der Waals surface area (Å²) in [4.78, 5) is 5.53. The molecule has 0 bridgehead atoms. The lowest BCUT2D eigenvalue weighted by Gasteiger charge is -2.02. The van der Waals surface area contributed by atoms with Gasteiger partial charge < -0.3 is 5.32 Å². The van der Waals surface area contributed by atoms with Gasteiger partial charge in [-0.25, -0.2) is 4.98 Å². The van der Waals surface area contributed by atoms with Crippen LogP contribution in [0.15, 0.2) is 5.51 Å². The molecule has 2 nitrogen and oxygen atoms in total. The Labute approximate surface area is 89.8 Å². The summed E-state index contributed by atoms with van der Waals surface area (Å²) >= 11 is 1.71. The molecule has 0 atom stereocenters. The first-order valence-corrected chi connectivity index (χ1v) is 5.75. The fraction of sp³-hybridized carbons (Fsp3) is 0.545. The molecule has 14 heavy (non-hydrogen) atoms. The molecule has 0 unspecified atom stereocenters. The molecule has 0 radical (unpaired) electrons. The molecule has 1 heterocycles. The Bertz CT molecular complexity index is 298. The summed E-state index contributed by atoms with van der Waals surface area (Å²) in [5.41, 5.74) is 3.04. The van der Waals surface area contributed by atoms with Crippen LogP contribution in [0, 0.1) is 19.3 Å². The first-order chi connectivity index (χ1) is 6.84. The molecule has 0 aliphatic carbocycles. The van der Waals surface area contributed by atoms with Crippen LogP contribution >= 0.6 is 11.3 Å². The standard InChI is InChI=1S/C11H16N2S/c1-3-4-5-6-7-12-8-11-10(2)13-9-14-11/h1,9,12H,4-8H2,2H3. The predicted molar refractivity (Wildman–Crippen MR) is 61.2 cm³/mol. The second-order valence-corrected chi connectivity index (χ2v) is 4.14. The number of nitrogens with one attached hydrogen (secondary N) is 1. The van der Waals surface area contributed by atoms with Crippen molar-refractivity contribution in [2.75, 3.05) is 6.54 Å². The highest BCUT2D eigenvalue weighted by atomic mass is 32.1. The van der Waals surface area contributed by atoms with Gasteiger partial charge in [-0.15, -0.1) is 23.7 Å². The van der Waals surface area contributed by atoms with E-state index in [0.29, 0.717) is 0 Å². The number of nitrogens with zero attached hydrogens (tertiary/aromatic N) is 1. The second-order valence-electron chi connectivity index (χ2n) is 3.20. The molecule has 1 rings (SSSR count). The summed E-state index contributed by atoms with van der Waals surface area (Å²) in [5, 5.41) is 3.39. The normalized spacial score (nSPS) is 10.0. The highest BCUT2D eigenvalue weighted by Crippen LogP contribution is 2.10. The van der Waals surface area contributed by atoms with Crippen molar-refractivity contribution in [1.29, 1.82) is 0 Å². The Morgan fingerprint density at radius 3 is 3.07 bits per heavy atom. The van der Waals surface area contributed by atoms with Crippen molar-refractivity contribution in [3.05, 3.63) is 16.1 Å². The molecule has 0 aliphatic heterocycles. The van der Waals surface area contributed by atoms with Gasteiger partial charge in [0.05, 0.1) is 11.2 Å². The largest absolute Gasteiger partial charge is 0.312 e. The van der Waals surface area contributed by atoms with Gasteiger partial charge in [0.1, 0.15) is 0 Å². The van der Waals surface area contributed by atoms with E-state index in [9.17, 15) is 0 Å². The molecule has 0 aliphatic rings. The van der Waals surface area contributed by atoms with Crippen molar-refractivity contribution in [1.82, 2.24) is 10.3 Å². The first kappa shape index (κ1) is 11.2. The van der Waals surface area contributed by atoms with Crippen LogP contribution in [0.5, 0.6) is 0 Å². The Balaban J connectivity index is 2.05. The average molecular weight is 208 g/mol. The number of hydrogen-bond donors (Lipinski definition) is 1. The van der Waals surface area contributed by atoms with Crippen LogP contribution in [0.4, 0.5) is 0 Å². The van der Waals surface area contributed by atoms with E-state index in [2.05, 4.69) is 16.2 Å². The minimum atomic E-state index is 0.890. The van der Waals surface area contributed by atoms with E-state index in [1.165, 1.54) is 4.88 Å². The predicted octanol–water partition coefficient (Wildman–Crippen LogP) is 2.34. The Morgan fingerprint density at radius 1 is 1.57 bits per heavy atom. The third-order valence-corrected chi connectivity index (χ3v) is 2.99. The summed E-state index contributed by atoms with van der Waals surface area (Å²) < 4.78 is 0. The molecule has 0 saturated heterocycles. The van der Waals surface area contributed by atoms with Gasteiger partial charge in [-0.2, -0.15) is 0 Å². The minimum absolute atomic E-state index is 0.890.